The van der Waals surface area contributed by atoms with Crippen LogP contribution in [-0.2, 0) is 25.5 Å². The number of ether oxygens (including phenoxy) is 3. The number of carbonyl (C=O) groups excluding carboxylic acids is 2. The van der Waals surface area contributed by atoms with Crippen molar-refractivity contribution in [2.45, 2.75) is 39.0 Å². The van der Waals surface area contributed by atoms with Crippen molar-refractivity contribution in [1.29, 1.82) is 0 Å². The first-order chi connectivity index (χ1) is 18.3. The van der Waals surface area contributed by atoms with Gasteiger partial charge in [0.2, 0.25) is 0 Å². The molecule has 0 amide bonds. The maximum absolute atomic E-state index is 13.2. The Morgan fingerprint density at radius 2 is 1.68 bits per heavy atom. The average Bonchev–Trinajstić information content (AvgIpc) is 2.91. The molecule has 1 aliphatic rings. The molecule has 2 aromatic carbocycles. The second-order valence-corrected chi connectivity index (χ2v) is 8.79. The number of aliphatic hydroxyl groups excluding tert-OH is 1. The predicted molar refractivity (Wildman–Crippen MR) is 139 cm³/mol. The predicted octanol–water partition coefficient (Wildman–Crippen LogP) is 3.94. The maximum Gasteiger partial charge on any atom is 0.336 e. The molecule has 10 heteroatoms. The molecule has 10 nitrogen and oxygen atoms in total. The summed E-state index contributed by atoms with van der Waals surface area (Å²) in [6.07, 6.45) is 1.92. The Morgan fingerprint density at radius 3 is 2.32 bits per heavy atom. The van der Waals surface area contributed by atoms with Crippen molar-refractivity contribution in [3.05, 3.63) is 92.3 Å². The van der Waals surface area contributed by atoms with Crippen LogP contribution < -0.4 is 10.1 Å². The summed E-state index contributed by atoms with van der Waals surface area (Å²) in [5, 5.41) is 23.4. The van der Waals surface area contributed by atoms with E-state index in [1.807, 2.05) is 24.3 Å². The summed E-state index contributed by atoms with van der Waals surface area (Å²) in [5.74, 6) is -1.52. The van der Waals surface area contributed by atoms with Crippen molar-refractivity contribution in [2.24, 2.45) is 0 Å². The number of aryl methyl sites for hydroxylation is 1. The molecule has 0 saturated heterocycles. The molecule has 38 heavy (non-hydrogen) atoms. The minimum Gasteiger partial charge on any atom is -0.493 e. The van der Waals surface area contributed by atoms with Gasteiger partial charge in [-0.1, -0.05) is 24.3 Å². The van der Waals surface area contributed by atoms with Crippen LogP contribution in [0.25, 0.3) is 0 Å². The van der Waals surface area contributed by atoms with Gasteiger partial charge in [-0.25, -0.2) is 9.59 Å². The first kappa shape index (κ1) is 28.4. The largest absolute Gasteiger partial charge is 0.493 e. The summed E-state index contributed by atoms with van der Waals surface area (Å²) < 4.78 is 16.2. The van der Waals surface area contributed by atoms with E-state index in [-0.39, 0.29) is 30.0 Å². The molecule has 0 saturated carbocycles. The van der Waals surface area contributed by atoms with E-state index in [1.54, 1.807) is 19.9 Å². The molecule has 0 spiro atoms. The Labute approximate surface area is 221 Å². The summed E-state index contributed by atoms with van der Waals surface area (Å²) in [6.45, 7) is 3.91. The number of dihydropyridines is 1. The van der Waals surface area contributed by atoms with E-state index in [2.05, 4.69) is 5.32 Å². The van der Waals surface area contributed by atoms with Crippen LogP contribution in [0.4, 0.5) is 5.69 Å². The standard InChI is InChI=1S/C28H32N2O8/c1-18-24(27(32)36-3)26(21-8-4-9-22(17-21)30(34)35)25(19(2)29-18)28(33)38-16-6-15-37-23-12-10-20(11-13-23)7-5-14-31/h4,8-13,17,26,29,31H,5-7,14-16H2,1-3H3. The van der Waals surface area contributed by atoms with Gasteiger partial charge in [-0.15, -0.1) is 0 Å². The van der Waals surface area contributed by atoms with Crippen molar-refractivity contribution in [3.63, 3.8) is 0 Å². The highest BCUT2D eigenvalue weighted by Crippen LogP contribution is 2.40. The molecule has 0 fully saturated rings. The van der Waals surface area contributed by atoms with Gasteiger partial charge in [-0.05, 0) is 49.9 Å². The van der Waals surface area contributed by atoms with Crippen molar-refractivity contribution in [1.82, 2.24) is 5.32 Å². The number of nitrogens with zero attached hydrogens (tertiary/aromatic N) is 1. The summed E-state index contributed by atoms with van der Waals surface area (Å²) in [4.78, 5) is 36.8. The number of nitro benzene ring substituents is 1. The Hall–Kier alpha value is -4.18. The Morgan fingerprint density at radius 1 is 1.00 bits per heavy atom. The Kier molecular flexibility index (Phi) is 10.0. The zero-order valence-corrected chi connectivity index (χ0v) is 21.7. The molecule has 0 bridgehead atoms. The number of hydrogen-bond acceptors (Lipinski definition) is 9. The summed E-state index contributed by atoms with van der Waals surface area (Å²) in [6, 6.07) is 13.4. The zero-order chi connectivity index (χ0) is 27.7. The second-order valence-electron chi connectivity index (χ2n) is 8.79. The van der Waals surface area contributed by atoms with Gasteiger partial charge in [0, 0.05) is 36.6 Å². The molecule has 0 radical (unpaired) electrons. The van der Waals surface area contributed by atoms with Crippen molar-refractivity contribution < 1.29 is 33.8 Å². The lowest BCUT2D eigenvalue weighted by molar-refractivity contribution is -0.384. The summed E-state index contributed by atoms with van der Waals surface area (Å²) in [5.41, 5.74) is 2.67. The van der Waals surface area contributed by atoms with Crippen LogP contribution >= 0.6 is 0 Å². The van der Waals surface area contributed by atoms with Crippen LogP contribution in [0.5, 0.6) is 5.75 Å². The number of hydrogen-bond donors (Lipinski definition) is 2. The van der Waals surface area contributed by atoms with Gasteiger partial charge in [-0.3, -0.25) is 10.1 Å². The lowest BCUT2D eigenvalue weighted by Crippen LogP contribution is -2.32. The topological polar surface area (TPSA) is 137 Å². The molecule has 202 valence electrons. The van der Waals surface area contributed by atoms with Gasteiger partial charge >= 0.3 is 11.9 Å². The van der Waals surface area contributed by atoms with E-state index in [0.29, 0.717) is 42.2 Å². The van der Waals surface area contributed by atoms with E-state index in [9.17, 15) is 19.7 Å². The molecule has 2 aromatic rings. The minimum absolute atomic E-state index is 0.0715. The van der Waals surface area contributed by atoms with E-state index < -0.39 is 22.8 Å². The molecule has 1 unspecified atom stereocenters. The van der Waals surface area contributed by atoms with Crippen LogP contribution in [0.1, 0.15) is 43.7 Å². The fourth-order valence-electron chi connectivity index (χ4n) is 4.32. The SMILES string of the molecule is COC(=O)C1=C(C)NC(C)=C(C(=O)OCCCOc2ccc(CCCO)cc2)C1c1cccc([N+](=O)[O-])c1. The van der Waals surface area contributed by atoms with Crippen molar-refractivity contribution in [3.8, 4) is 5.75 Å². The molecule has 1 atom stereocenters. The highest BCUT2D eigenvalue weighted by atomic mass is 16.6. The molecule has 3 rings (SSSR count). The van der Waals surface area contributed by atoms with Gasteiger partial charge < -0.3 is 24.6 Å². The van der Waals surface area contributed by atoms with Crippen molar-refractivity contribution in [2.75, 3.05) is 26.9 Å². The first-order valence-corrected chi connectivity index (χ1v) is 12.3. The molecule has 0 aromatic heterocycles. The zero-order valence-electron chi connectivity index (χ0n) is 21.7. The minimum atomic E-state index is -0.906. The first-order valence-electron chi connectivity index (χ1n) is 12.3. The smallest absolute Gasteiger partial charge is 0.336 e. The lowest BCUT2D eigenvalue weighted by atomic mass is 9.80. The van der Waals surface area contributed by atoms with Crippen LogP contribution in [-0.4, -0.2) is 48.9 Å². The van der Waals surface area contributed by atoms with Gasteiger partial charge in [0.1, 0.15) is 5.75 Å². The number of nitrogens with one attached hydrogen (secondary N) is 1. The Bertz CT molecular complexity index is 1230. The fourth-order valence-corrected chi connectivity index (χ4v) is 4.32. The number of allylic oxidation sites excluding steroid dienone is 2. The summed E-state index contributed by atoms with van der Waals surface area (Å²) >= 11 is 0. The number of aliphatic hydroxyl groups is 1. The van der Waals surface area contributed by atoms with Gasteiger partial charge in [0.05, 0.1) is 42.3 Å². The van der Waals surface area contributed by atoms with E-state index in [0.717, 1.165) is 12.0 Å². The number of esters is 2. The Balaban J connectivity index is 1.70. The third-order valence-electron chi connectivity index (χ3n) is 6.14. The molecule has 0 aliphatic carbocycles. The van der Waals surface area contributed by atoms with E-state index in [4.69, 9.17) is 19.3 Å². The number of methoxy groups -OCH3 is 1. The van der Waals surface area contributed by atoms with Gasteiger partial charge in [-0.2, -0.15) is 0 Å². The third kappa shape index (κ3) is 6.98. The van der Waals surface area contributed by atoms with Gasteiger partial charge in [0.25, 0.3) is 5.69 Å². The number of nitro groups is 1. The van der Waals surface area contributed by atoms with Crippen LogP contribution in [0.15, 0.2) is 71.1 Å². The van der Waals surface area contributed by atoms with Crippen molar-refractivity contribution >= 4 is 17.6 Å². The number of rotatable bonds is 12. The van der Waals surface area contributed by atoms with E-state index in [1.165, 1.54) is 25.3 Å². The van der Waals surface area contributed by atoms with Crippen LogP contribution in [0, 0.1) is 10.1 Å². The molecule has 1 heterocycles. The number of carbonyl (C=O) groups is 2. The third-order valence-corrected chi connectivity index (χ3v) is 6.14. The molecule has 2 N–H and O–H groups in total. The average molecular weight is 525 g/mol. The molecular formula is C28H32N2O8. The van der Waals surface area contributed by atoms with Crippen LogP contribution in [0.2, 0.25) is 0 Å². The summed E-state index contributed by atoms with van der Waals surface area (Å²) in [7, 11) is 1.24. The molecular weight excluding hydrogens is 492 g/mol. The normalized spacial score (nSPS) is 15.1. The van der Waals surface area contributed by atoms with Gasteiger partial charge in [0.15, 0.2) is 0 Å². The highest BCUT2D eigenvalue weighted by Gasteiger charge is 2.38. The number of non-ortho nitro benzene ring substituents is 1. The fraction of sp³-hybridized carbons (Fsp3) is 0.357. The quantitative estimate of drug-likeness (QED) is 0.183. The number of benzene rings is 2. The lowest BCUT2D eigenvalue weighted by Gasteiger charge is -2.30. The molecule has 1 aliphatic heterocycles. The highest BCUT2D eigenvalue weighted by molar-refractivity contribution is 5.99. The van der Waals surface area contributed by atoms with Crippen LogP contribution in [0.3, 0.4) is 0 Å². The second kappa shape index (κ2) is 13.4. The van der Waals surface area contributed by atoms with E-state index >= 15 is 0 Å². The monoisotopic (exact) mass is 524 g/mol. The maximum atomic E-state index is 13.2.